The maximum atomic E-state index is 6.26. The van der Waals surface area contributed by atoms with Gasteiger partial charge in [0.1, 0.15) is 11.4 Å². The fraction of sp³-hybridized carbons (Fsp3) is 0.0870. The van der Waals surface area contributed by atoms with E-state index in [4.69, 9.17) is 11.6 Å². The van der Waals surface area contributed by atoms with E-state index in [1.807, 2.05) is 30.6 Å². The normalized spacial score (nSPS) is 11.4. The fourth-order valence-corrected chi connectivity index (χ4v) is 3.89. The van der Waals surface area contributed by atoms with Crippen molar-refractivity contribution in [2.75, 3.05) is 0 Å². The Morgan fingerprint density at radius 3 is 1.50 bits per heavy atom. The monoisotopic (exact) mass is 358 g/mol. The molecule has 0 saturated carbocycles. The van der Waals surface area contributed by atoms with E-state index in [1.165, 1.54) is 16.7 Å². The predicted octanol–water partition coefficient (Wildman–Crippen LogP) is 5.46. The molecule has 0 amide bonds. The Kier molecular flexibility index (Phi) is 4.59. The second-order valence-corrected chi connectivity index (χ2v) is 6.42. The zero-order valence-corrected chi connectivity index (χ0v) is 15.1. The zero-order chi connectivity index (χ0) is 17.8. The fourth-order valence-electron chi connectivity index (χ4n) is 3.69. The Balaban J connectivity index is 2.15. The lowest BCUT2D eigenvalue weighted by Crippen LogP contribution is -2.38. The molecule has 0 spiro atoms. The summed E-state index contributed by atoms with van der Waals surface area (Å²) in [4.78, 5) is 4.51. The molecule has 0 unspecified atom stereocenters. The summed E-state index contributed by atoms with van der Waals surface area (Å²) in [5, 5.41) is 0. The number of nitrogens with zero attached hydrogens (tertiary/aromatic N) is 2. The summed E-state index contributed by atoms with van der Waals surface area (Å²) in [6.45, 7) is 0. The number of hydrogen-bond donors (Lipinski definition) is 0. The van der Waals surface area contributed by atoms with Crippen molar-refractivity contribution < 1.29 is 0 Å². The van der Waals surface area contributed by atoms with Crippen LogP contribution in [0, 0.1) is 0 Å². The predicted molar refractivity (Wildman–Crippen MR) is 106 cm³/mol. The average Bonchev–Trinajstić information content (AvgIpc) is 3.20. The number of imidazole rings is 1. The molecule has 1 aromatic heterocycles. The summed E-state index contributed by atoms with van der Waals surface area (Å²) in [6.07, 6.45) is 3.84. The summed E-state index contributed by atoms with van der Waals surface area (Å²) in [5.41, 5.74) is 2.97. The van der Waals surface area contributed by atoms with Crippen molar-refractivity contribution >= 4 is 11.6 Å². The van der Waals surface area contributed by atoms with Crippen LogP contribution in [0.3, 0.4) is 0 Å². The minimum absolute atomic E-state index is 0.348. The van der Waals surface area contributed by atoms with Crippen molar-refractivity contribution in [3.05, 3.63) is 126 Å². The second-order valence-electron chi connectivity index (χ2n) is 6.16. The Labute approximate surface area is 158 Å². The average molecular weight is 359 g/mol. The van der Waals surface area contributed by atoms with Gasteiger partial charge in [-0.15, -0.1) is 11.6 Å². The first-order valence-electron chi connectivity index (χ1n) is 8.62. The van der Waals surface area contributed by atoms with Gasteiger partial charge in [-0.2, -0.15) is 0 Å². The van der Waals surface area contributed by atoms with Gasteiger partial charge in [-0.1, -0.05) is 91.0 Å². The van der Waals surface area contributed by atoms with Crippen LogP contribution in [-0.2, 0) is 11.4 Å². The van der Waals surface area contributed by atoms with Gasteiger partial charge in [0.25, 0.3) is 0 Å². The van der Waals surface area contributed by atoms with Gasteiger partial charge in [0.15, 0.2) is 0 Å². The first-order chi connectivity index (χ1) is 12.9. The van der Waals surface area contributed by atoms with Crippen molar-refractivity contribution in [1.29, 1.82) is 0 Å². The minimum atomic E-state index is -0.537. The van der Waals surface area contributed by atoms with Crippen molar-refractivity contribution in [2.24, 2.45) is 0 Å². The Bertz CT molecular complexity index is 866. The van der Waals surface area contributed by atoms with Gasteiger partial charge in [0.05, 0.1) is 5.88 Å². The van der Waals surface area contributed by atoms with Crippen LogP contribution >= 0.6 is 11.6 Å². The molecule has 0 N–H and O–H groups in total. The lowest BCUT2D eigenvalue weighted by atomic mass is 9.76. The lowest BCUT2D eigenvalue weighted by molar-refractivity contribution is 0.500. The van der Waals surface area contributed by atoms with E-state index in [-0.39, 0.29) is 0 Å². The third-order valence-electron chi connectivity index (χ3n) is 4.77. The smallest absolute Gasteiger partial charge is 0.124 e. The van der Waals surface area contributed by atoms with Crippen LogP contribution in [-0.4, -0.2) is 9.55 Å². The highest BCUT2D eigenvalue weighted by Gasteiger charge is 2.39. The first-order valence-corrected chi connectivity index (χ1v) is 9.16. The molecule has 4 aromatic rings. The van der Waals surface area contributed by atoms with E-state index < -0.39 is 5.54 Å². The number of rotatable bonds is 5. The second kappa shape index (κ2) is 7.19. The quantitative estimate of drug-likeness (QED) is 0.342. The number of aromatic nitrogens is 2. The molecular formula is C23H19ClN2. The molecule has 0 aliphatic carbocycles. The van der Waals surface area contributed by atoms with Gasteiger partial charge in [0.2, 0.25) is 0 Å². The molecule has 0 fully saturated rings. The van der Waals surface area contributed by atoms with Crippen LogP contribution in [0.5, 0.6) is 0 Å². The summed E-state index contributed by atoms with van der Waals surface area (Å²) in [6, 6.07) is 31.6. The van der Waals surface area contributed by atoms with E-state index in [1.54, 1.807) is 0 Å². The van der Waals surface area contributed by atoms with Crippen molar-refractivity contribution in [3.63, 3.8) is 0 Å². The minimum Gasteiger partial charge on any atom is -0.315 e. The molecule has 128 valence electrons. The molecule has 4 rings (SSSR count). The zero-order valence-electron chi connectivity index (χ0n) is 14.3. The number of halogens is 1. The highest BCUT2D eigenvalue weighted by atomic mass is 35.5. The van der Waals surface area contributed by atoms with Gasteiger partial charge in [-0.3, -0.25) is 0 Å². The molecule has 0 bridgehead atoms. The molecule has 0 aliphatic heterocycles. The standard InChI is InChI=1S/C23H19ClN2/c24-18-22-25-16-17-26(22)23(19-10-4-1-5-11-19,20-12-6-2-7-13-20)21-14-8-3-9-15-21/h1-17H,18H2. The molecule has 26 heavy (non-hydrogen) atoms. The number of alkyl halides is 1. The molecule has 0 radical (unpaired) electrons. The molecule has 3 heteroatoms. The Morgan fingerprint density at radius 2 is 1.12 bits per heavy atom. The molecule has 0 aliphatic rings. The van der Waals surface area contributed by atoms with Crippen molar-refractivity contribution in [3.8, 4) is 0 Å². The summed E-state index contributed by atoms with van der Waals surface area (Å²) in [5.74, 6) is 1.18. The van der Waals surface area contributed by atoms with Crippen molar-refractivity contribution in [1.82, 2.24) is 9.55 Å². The van der Waals surface area contributed by atoms with E-state index in [2.05, 4.69) is 82.3 Å². The highest BCUT2D eigenvalue weighted by Crippen LogP contribution is 2.41. The number of hydrogen-bond acceptors (Lipinski definition) is 1. The van der Waals surface area contributed by atoms with Crippen LogP contribution in [0.2, 0.25) is 0 Å². The van der Waals surface area contributed by atoms with E-state index in [0.717, 1.165) is 5.82 Å². The molecule has 0 atom stereocenters. The summed E-state index contributed by atoms with van der Waals surface area (Å²) in [7, 11) is 0. The van der Waals surface area contributed by atoms with Gasteiger partial charge in [-0.25, -0.2) is 4.98 Å². The molecule has 0 saturated heterocycles. The van der Waals surface area contributed by atoms with Gasteiger partial charge >= 0.3 is 0 Å². The molecular weight excluding hydrogens is 340 g/mol. The van der Waals surface area contributed by atoms with Crippen molar-refractivity contribution in [2.45, 2.75) is 11.4 Å². The van der Waals surface area contributed by atoms with Crippen LogP contribution < -0.4 is 0 Å². The number of benzene rings is 3. The summed E-state index contributed by atoms with van der Waals surface area (Å²) >= 11 is 6.26. The maximum absolute atomic E-state index is 6.26. The van der Waals surface area contributed by atoms with Gasteiger partial charge in [0, 0.05) is 12.4 Å². The van der Waals surface area contributed by atoms with Crippen LogP contribution in [0.25, 0.3) is 0 Å². The summed E-state index contributed by atoms with van der Waals surface area (Å²) < 4.78 is 2.19. The van der Waals surface area contributed by atoms with E-state index in [0.29, 0.717) is 5.88 Å². The van der Waals surface area contributed by atoms with Gasteiger partial charge < -0.3 is 4.57 Å². The molecule has 3 aromatic carbocycles. The SMILES string of the molecule is ClCc1nccn1C(c1ccccc1)(c1ccccc1)c1ccccc1. The van der Waals surface area contributed by atoms with E-state index in [9.17, 15) is 0 Å². The largest absolute Gasteiger partial charge is 0.315 e. The Morgan fingerprint density at radius 1 is 0.692 bits per heavy atom. The Hall–Kier alpha value is -2.84. The van der Waals surface area contributed by atoms with Gasteiger partial charge in [-0.05, 0) is 16.7 Å². The highest BCUT2D eigenvalue weighted by molar-refractivity contribution is 6.16. The van der Waals surface area contributed by atoms with E-state index >= 15 is 0 Å². The molecule has 2 nitrogen and oxygen atoms in total. The first kappa shape index (κ1) is 16.6. The molecule has 1 heterocycles. The lowest BCUT2D eigenvalue weighted by Gasteiger charge is -2.38. The van der Waals surface area contributed by atoms with Crippen LogP contribution in [0.15, 0.2) is 103 Å². The third kappa shape index (κ3) is 2.63. The van der Waals surface area contributed by atoms with Crippen LogP contribution in [0.1, 0.15) is 22.5 Å². The topological polar surface area (TPSA) is 17.8 Å². The third-order valence-corrected chi connectivity index (χ3v) is 5.01. The van der Waals surface area contributed by atoms with Crippen LogP contribution in [0.4, 0.5) is 0 Å². The maximum Gasteiger partial charge on any atom is 0.124 e.